The Kier molecular flexibility index (Phi) is 1.92. The molecule has 0 fully saturated rings. The summed E-state index contributed by atoms with van der Waals surface area (Å²) in [5.41, 5.74) is 4.20. The Balaban J connectivity index is 2.28. The van der Waals surface area contributed by atoms with Crippen molar-refractivity contribution in [2.24, 2.45) is 0 Å². The van der Waals surface area contributed by atoms with E-state index < -0.39 is 0 Å². The predicted molar refractivity (Wildman–Crippen MR) is 57.7 cm³/mol. The molecule has 2 aromatic rings. The second-order valence-electron chi connectivity index (χ2n) is 3.54. The molecule has 0 radical (unpaired) electrons. The van der Waals surface area contributed by atoms with Gasteiger partial charge in [-0.1, -0.05) is 17.7 Å². The molecule has 0 aliphatic heterocycles. The van der Waals surface area contributed by atoms with Crippen molar-refractivity contribution in [1.29, 1.82) is 0 Å². The minimum absolute atomic E-state index is 0.514. The Morgan fingerprint density at radius 2 is 1.93 bits per heavy atom. The average molecular weight is 218 g/mol. The van der Waals surface area contributed by atoms with Gasteiger partial charge < -0.3 is 0 Å². The third kappa shape index (κ3) is 1.39. The van der Waals surface area contributed by atoms with E-state index >= 15 is 0 Å². The van der Waals surface area contributed by atoms with Crippen molar-refractivity contribution in [3.63, 3.8) is 0 Å². The highest BCUT2D eigenvalue weighted by atomic mass is 35.5. The molecular formula is C11H8ClN3. The number of aryl methyl sites for hydroxylation is 2. The van der Waals surface area contributed by atoms with Crippen LogP contribution in [0.4, 0.5) is 0 Å². The van der Waals surface area contributed by atoms with Crippen LogP contribution in [0.1, 0.15) is 11.1 Å². The van der Waals surface area contributed by atoms with Gasteiger partial charge in [0.05, 0.1) is 11.4 Å². The Hall–Kier alpha value is -1.48. The van der Waals surface area contributed by atoms with Crippen LogP contribution in [0.2, 0.25) is 5.15 Å². The summed E-state index contributed by atoms with van der Waals surface area (Å²) in [5, 5.41) is 0.514. The van der Waals surface area contributed by atoms with Gasteiger partial charge in [0, 0.05) is 6.20 Å². The maximum absolute atomic E-state index is 5.89. The van der Waals surface area contributed by atoms with E-state index in [-0.39, 0.29) is 0 Å². The molecule has 2 heterocycles. The first kappa shape index (κ1) is 8.80. The molecule has 1 aliphatic carbocycles. The van der Waals surface area contributed by atoms with Gasteiger partial charge in [0.25, 0.3) is 0 Å². The highest BCUT2D eigenvalue weighted by Crippen LogP contribution is 2.30. The fraction of sp³-hybridized carbons (Fsp3) is 0.182. The number of pyridine rings is 1. The summed E-state index contributed by atoms with van der Waals surface area (Å²) >= 11 is 5.89. The number of rotatable bonds is 0. The van der Waals surface area contributed by atoms with Crippen LogP contribution >= 0.6 is 11.6 Å². The zero-order valence-electron chi connectivity index (χ0n) is 7.94. The highest BCUT2D eigenvalue weighted by Gasteiger charge is 2.18. The first-order valence-electron chi connectivity index (χ1n) is 4.79. The minimum atomic E-state index is 0.514. The van der Waals surface area contributed by atoms with Gasteiger partial charge >= 0.3 is 0 Å². The fourth-order valence-electron chi connectivity index (χ4n) is 1.89. The van der Waals surface area contributed by atoms with Gasteiger partial charge in [0.15, 0.2) is 0 Å². The van der Waals surface area contributed by atoms with E-state index in [9.17, 15) is 0 Å². The number of halogens is 1. The molecule has 0 amide bonds. The van der Waals surface area contributed by atoms with E-state index in [1.165, 1.54) is 5.56 Å². The summed E-state index contributed by atoms with van der Waals surface area (Å²) in [5.74, 6) is 0. The molecule has 0 saturated carbocycles. The van der Waals surface area contributed by atoms with E-state index in [0.29, 0.717) is 5.15 Å². The fourth-order valence-corrected chi connectivity index (χ4v) is 2.04. The van der Waals surface area contributed by atoms with Crippen LogP contribution in [0.25, 0.3) is 11.4 Å². The van der Waals surface area contributed by atoms with E-state index in [1.54, 1.807) is 6.33 Å². The van der Waals surface area contributed by atoms with Crippen LogP contribution in [0, 0.1) is 0 Å². The summed E-state index contributed by atoms with van der Waals surface area (Å²) in [6.07, 6.45) is 5.37. The summed E-state index contributed by atoms with van der Waals surface area (Å²) in [4.78, 5) is 12.6. The Morgan fingerprint density at radius 3 is 2.87 bits per heavy atom. The van der Waals surface area contributed by atoms with Crippen molar-refractivity contribution in [2.75, 3.05) is 0 Å². The molecule has 0 N–H and O–H groups in total. The second kappa shape index (κ2) is 3.28. The summed E-state index contributed by atoms with van der Waals surface area (Å²) in [6, 6.07) is 3.85. The number of nitrogens with zero attached hydrogens (tertiary/aromatic N) is 3. The Bertz CT molecular complexity index is 525. The normalized spacial score (nSPS) is 13.1. The smallest absolute Gasteiger partial charge is 0.129 e. The van der Waals surface area contributed by atoms with Crippen molar-refractivity contribution in [1.82, 2.24) is 15.0 Å². The zero-order chi connectivity index (χ0) is 10.3. The van der Waals surface area contributed by atoms with Crippen molar-refractivity contribution in [2.45, 2.75) is 12.8 Å². The molecule has 3 nitrogen and oxygen atoms in total. The molecule has 3 rings (SSSR count). The molecule has 0 unspecified atom stereocenters. The summed E-state index contributed by atoms with van der Waals surface area (Å²) < 4.78 is 0. The van der Waals surface area contributed by atoms with Gasteiger partial charge in [-0.2, -0.15) is 0 Å². The topological polar surface area (TPSA) is 38.7 Å². The van der Waals surface area contributed by atoms with Crippen LogP contribution in [-0.2, 0) is 12.8 Å². The van der Waals surface area contributed by atoms with Crippen LogP contribution in [0.15, 0.2) is 24.7 Å². The van der Waals surface area contributed by atoms with Crippen LogP contribution in [-0.4, -0.2) is 15.0 Å². The molecule has 15 heavy (non-hydrogen) atoms. The quantitative estimate of drug-likeness (QED) is 0.636. The monoisotopic (exact) mass is 217 g/mol. The first-order chi connectivity index (χ1) is 7.34. The highest BCUT2D eigenvalue weighted by molar-refractivity contribution is 6.29. The standard InChI is InChI=1S/C11H8ClN3/c12-9-4-3-7-1-2-8-5-13-6-14-10(8)11(7)15-9/h3-6H,1-2H2. The molecular weight excluding hydrogens is 210 g/mol. The second-order valence-corrected chi connectivity index (χ2v) is 3.93. The molecule has 0 saturated heterocycles. The lowest BCUT2D eigenvalue weighted by Crippen LogP contribution is -2.07. The van der Waals surface area contributed by atoms with Gasteiger partial charge in [-0.3, -0.25) is 0 Å². The minimum Gasteiger partial charge on any atom is -0.244 e. The van der Waals surface area contributed by atoms with Crippen molar-refractivity contribution in [3.05, 3.63) is 40.9 Å². The third-order valence-electron chi connectivity index (χ3n) is 2.62. The summed E-state index contributed by atoms with van der Waals surface area (Å²) in [7, 11) is 0. The SMILES string of the molecule is Clc1ccc2c(n1)-c1ncncc1CC2. The van der Waals surface area contributed by atoms with E-state index in [1.807, 2.05) is 18.3 Å². The van der Waals surface area contributed by atoms with Crippen LogP contribution in [0.3, 0.4) is 0 Å². The molecule has 0 spiro atoms. The van der Waals surface area contributed by atoms with E-state index in [4.69, 9.17) is 11.6 Å². The first-order valence-corrected chi connectivity index (χ1v) is 5.17. The van der Waals surface area contributed by atoms with Crippen LogP contribution in [0.5, 0.6) is 0 Å². The average Bonchev–Trinajstić information content (AvgIpc) is 2.29. The van der Waals surface area contributed by atoms with Gasteiger partial charge in [0.2, 0.25) is 0 Å². The van der Waals surface area contributed by atoms with Gasteiger partial charge in [-0.15, -0.1) is 0 Å². The number of fused-ring (bicyclic) bond motifs is 3. The molecule has 4 heteroatoms. The van der Waals surface area contributed by atoms with Gasteiger partial charge in [-0.25, -0.2) is 15.0 Å². The molecule has 0 aromatic carbocycles. The van der Waals surface area contributed by atoms with Crippen molar-refractivity contribution >= 4 is 11.6 Å². The molecule has 0 bridgehead atoms. The molecule has 74 valence electrons. The Labute approximate surface area is 92.2 Å². The van der Waals surface area contributed by atoms with E-state index in [2.05, 4.69) is 15.0 Å². The lowest BCUT2D eigenvalue weighted by atomic mass is 9.94. The zero-order valence-corrected chi connectivity index (χ0v) is 8.70. The van der Waals surface area contributed by atoms with E-state index in [0.717, 1.165) is 29.8 Å². The van der Waals surface area contributed by atoms with Crippen LogP contribution < -0.4 is 0 Å². The number of hydrogen-bond donors (Lipinski definition) is 0. The van der Waals surface area contributed by atoms with Crippen molar-refractivity contribution in [3.8, 4) is 11.4 Å². The lowest BCUT2D eigenvalue weighted by molar-refractivity contribution is 0.896. The largest absolute Gasteiger partial charge is 0.244 e. The number of hydrogen-bond acceptors (Lipinski definition) is 3. The molecule has 1 aliphatic rings. The molecule has 0 atom stereocenters. The van der Waals surface area contributed by atoms with Gasteiger partial charge in [-0.05, 0) is 30.0 Å². The third-order valence-corrected chi connectivity index (χ3v) is 2.83. The molecule has 2 aromatic heterocycles. The maximum Gasteiger partial charge on any atom is 0.129 e. The number of aromatic nitrogens is 3. The van der Waals surface area contributed by atoms with Crippen molar-refractivity contribution < 1.29 is 0 Å². The predicted octanol–water partition coefficient (Wildman–Crippen LogP) is 2.29. The Morgan fingerprint density at radius 1 is 1.07 bits per heavy atom. The van der Waals surface area contributed by atoms with Gasteiger partial charge in [0.1, 0.15) is 11.5 Å². The summed E-state index contributed by atoms with van der Waals surface area (Å²) in [6.45, 7) is 0. The maximum atomic E-state index is 5.89. The lowest BCUT2D eigenvalue weighted by Gasteiger charge is -2.16.